The van der Waals surface area contributed by atoms with Crippen molar-refractivity contribution in [2.75, 3.05) is 0 Å². The van der Waals surface area contributed by atoms with Crippen molar-refractivity contribution in [1.82, 2.24) is 14.7 Å². The van der Waals surface area contributed by atoms with Crippen molar-refractivity contribution in [1.29, 1.82) is 0 Å². The van der Waals surface area contributed by atoms with Crippen LogP contribution in [-0.4, -0.2) is 30.8 Å². The molecule has 1 aliphatic carbocycles. The summed E-state index contributed by atoms with van der Waals surface area (Å²) in [6.45, 7) is 9.45. The fraction of sp³-hybridized carbons (Fsp3) is 0.545. The second-order valence-electron chi connectivity index (χ2n) is 7.79. The van der Waals surface area contributed by atoms with Crippen LogP contribution in [0, 0.1) is 26.7 Å². The molecule has 0 radical (unpaired) electrons. The highest BCUT2D eigenvalue weighted by Crippen LogP contribution is 2.43. The first-order chi connectivity index (χ1) is 14.1. The lowest BCUT2D eigenvalue weighted by molar-refractivity contribution is -0.275. The summed E-state index contributed by atoms with van der Waals surface area (Å²) in [7, 11) is 0. The van der Waals surface area contributed by atoms with Crippen LogP contribution in [-0.2, 0) is 5.91 Å². The standard InChI is InChI=1S/C20H23F2N3O3.C2H6/c1-11-10-25(20(26,27)15-4-6-19(21,22)7-5-15)16-8-14(9-23-18(11)16)17-12(2)24-28-13(17)3;1-2/h8-10,15,26-27H,4-7H2,1-3H3;1-2H3. The van der Waals surface area contributed by atoms with Crippen molar-refractivity contribution in [2.24, 2.45) is 5.92 Å². The van der Waals surface area contributed by atoms with Gasteiger partial charge in [-0.05, 0) is 45.2 Å². The highest BCUT2D eigenvalue weighted by molar-refractivity contribution is 5.85. The topological polar surface area (TPSA) is 84.3 Å². The Labute approximate surface area is 174 Å². The fourth-order valence-corrected chi connectivity index (χ4v) is 4.19. The van der Waals surface area contributed by atoms with Crippen molar-refractivity contribution in [3.05, 3.63) is 35.5 Å². The number of aliphatic hydroxyl groups is 2. The highest BCUT2D eigenvalue weighted by Gasteiger charge is 2.45. The van der Waals surface area contributed by atoms with E-state index in [9.17, 15) is 19.0 Å². The molecule has 3 aromatic rings. The third-order valence-electron chi connectivity index (χ3n) is 5.76. The molecular weight excluding hydrogens is 392 g/mol. The Bertz CT molecular complexity index is 1010. The van der Waals surface area contributed by atoms with Gasteiger partial charge in [0.05, 0.1) is 16.7 Å². The molecule has 164 valence electrons. The zero-order valence-electron chi connectivity index (χ0n) is 18.0. The van der Waals surface area contributed by atoms with Gasteiger partial charge in [-0.2, -0.15) is 0 Å². The molecule has 3 aromatic heterocycles. The van der Waals surface area contributed by atoms with E-state index in [-0.39, 0.29) is 25.7 Å². The minimum atomic E-state index is -2.74. The summed E-state index contributed by atoms with van der Waals surface area (Å²) in [5, 5.41) is 25.8. The smallest absolute Gasteiger partial charge is 0.253 e. The number of alkyl halides is 2. The summed E-state index contributed by atoms with van der Waals surface area (Å²) >= 11 is 0. The van der Waals surface area contributed by atoms with Gasteiger partial charge in [-0.25, -0.2) is 8.78 Å². The molecule has 30 heavy (non-hydrogen) atoms. The zero-order chi connectivity index (χ0) is 22.3. The molecular formula is C22H29F2N3O3. The summed E-state index contributed by atoms with van der Waals surface area (Å²) in [6.07, 6.45) is 2.69. The molecule has 0 spiro atoms. The van der Waals surface area contributed by atoms with Crippen molar-refractivity contribution in [2.45, 2.75) is 72.1 Å². The molecule has 0 atom stereocenters. The molecule has 1 fully saturated rings. The molecule has 1 aliphatic rings. The third kappa shape index (κ3) is 3.86. The van der Waals surface area contributed by atoms with E-state index >= 15 is 0 Å². The van der Waals surface area contributed by atoms with Gasteiger partial charge >= 0.3 is 0 Å². The Morgan fingerprint density at radius 3 is 2.37 bits per heavy atom. The van der Waals surface area contributed by atoms with E-state index in [1.54, 1.807) is 25.4 Å². The van der Waals surface area contributed by atoms with Crippen LogP contribution in [0.2, 0.25) is 0 Å². The van der Waals surface area contributed by atoms with E-state index in [4.69, 9.17) is 4.52 Å². The van der Waals surface area contributed by atoms with Crippen molar-refractivity contribution < 1.29 is 23.5 Å². The molecule has 6 nitrogen and oxygen atoms in total. The Balaban J connectivity index is 0.00000124. The normalized spacial score (nSPS) is 17.1. The van der Waals surface area contributed by atoms with Gasteiger partial charge in [0.2, 0.25) is 5.92 Å². The summed E-state index contributed by atoms with van der Waals surface area (Å²) in [4.78, 5) is 4.49. The minimum absolute atomic E-state index is 0.0374. The SMILES string of the molecule is CC.Cc1noc(C)c1-c1cnc2c(C)cn(C(O)(O)C3CCC(F)(F)CC3)c2c1. The molecule has 0 aromatic carbocycles. The number of hydrogen-bond donors (Lipinski definition) is 2. The first-order valence-electron chi connectivity index (χ1n) is 10.3. The summed E-state index contributed by atoms with van der Waals surface area (Å²) in [5.41, 5.74) is 4.19. The molecule has 4 rings (SSSR count). The van der Waals surface area contributed by atoms with Gasteiger partial charge in [0.25, 0.3) is 5.91 Å². The molecule has 0 aliphatic heterocycles. The summed E-state index contributed by atoms with van der Waals surface area (Å²) < 4.78 is 33.6. The Morgan fingerprint density at radius 1 is 1.17 bits per heavy atom. The lowest BCUT2D eigenvalue weighted by atomic mass is 9.84. The van der Waals surface area contributed by atoms with Gasteiger partial charge in [-0.3, -0.25) is 9.55 Å². The molecule has 0 unspecified atom stereocenters. The maximum atomic E-state index is 13.5. The van der Waals surface area contributed by atoms with Gasteiger partial charge in [-0.15, -0.1) is 0 Å². The van der Waals surface area contributed by atoms with E-state index in [1.807, 2.05) is 27.7 Å². The molecule has 0 amide bonds. The van der Waals surface area contributed by atoms with Crippen LogP contribution in [0.15, 0.2) is 23.0 Å². The molecule has 0 saturated heterocycles. The van der Waals surface area contributed by atoms with Crippen LogP contribution in [0.1, 0.15) is 56.5 Å². The van der Waals surface area contributed by atoms with Crippen LogP contribution < -0.4 is 0 Å². The third-order valence-corrected chi connectivity index (χ3v) is 5.76. The highest BCUT2D eigenvalue weighted by atomic mass is 19.3. The van der Waals surface area contributed by atoms with Crippen molar-refractivity contribution in [3.63, 3.8) is 0 Å². The predicted octanol–water partition coefficient (Wildman–Crippen LogP) is 5.06. The number of halogens is 2. The average Bonchev–Trinajstić information content (AvgIpc) is 3.22. The fourth-order valence-electron chi connectivity index (χ4n) is 4.19. The Morgan fingerprint density at radius 2 is 1.80 bits per heavy atom. The van der Waals surface area contributed by atoms with Gasteiger partial charge in [-0.1, -0.05) is 19.0 Å². The maximum Gasteiger partial charge on any atom is 0.253 e. The average molecular weight is 421 g/mol. The van der Waals surface area contributed by atoms with E-state index in [1.165, 1.54) is 4.57 Å². The van der Waals surface area contributed by atoms with Gasteiger partial charge < -0.3 is 14.7 Å². The van der Waals surface area contributed by atoms with E-state index in [0.717, 1.165) is 16.7 Å². The largest absolute Gasteiger partial charge is 0.361 e. The second kappa shape index (κ2) is 8.07. The van der Waals surface area contributed by atoms with Gasteiger partial charge in [0.15, 0.2) is 0 Å². The van der Waals surface area contributed by atoms with Crippen LogP contribution in [0.3, 0.4) is 0 Å². The molecule has 3 heterocycles. The number of fused-ring (bicyclic) bond motifs is 1. The molecule has 2 N–H and O–H groups in total. The predicted molar refractivity (Wildman–Crippen MR) is 110 cm³/mol. The van der Waals surface area contributed by atoms with Crippen molar-refractivity contribution >= 4 is 11.0 Å². The van der Waals surface area contributed by atoms with Crippen LogP contribution in [0.5, 0.6) is 0 Å². The van der Waals surface area contributed by atoms with E-state index < -0.39 is 17.8 Å². The number of rotatable bonds is 3. The number of aryl methyl sites for hydroxylation is 3. The van der Waals surface area contributed by atoms with Crippen LogP contribution >= 0.6 is 0 Å². The van der Waals surface area contributed by atoms with Gasteiger partial charge in [0, 0.05) is 42.3 Å². The summed E-state index contributed by atoms with van der Waals surface area (Å²) in [5.74, 6) is -5.06. The van der Waals surface area contributed by atoms with Crippen LogP contribution in [0.25, 0.3) is 22.2 Å². The number of nitrogens with zero attached hydrogens (tertiary/aromatic N) is 3. The minimum Gasteiger partial charge on any atom is -0.361 e. The first-order valence-corrected chi connectivity index (χ1v) is 10.3. The lowest BCUT2D eigenvalue weighted by Crippen LogP contribution is -2.44. The molecule has 1 saturated carbocycles. The molecule has 0 bridgehead atoms. The summed E-state index contributed by atoms with van der Waals surface area (Å²) in [6, 6.07) is 1.81. The quantitative estimate of drug-likeness (QED) is 0.577. The maximum absolute atomic E-state index is 13.5. The van der Waals surface area contributed by atoms with E-state index in [2.05, 4.69) is 10.1 Å². The number of pyridine rings is 1. The molecule has 8 heteroatoms. The Hall–Kier alpha value is -2.32. The van der Waals surface area contributed by atoms with Crippen molar-refractivity contribution in [3.8, 4) is 11.1 Å². The zero-order valence-corrected chi connectivity index (χ0v) is 18.0. The first kappa shape index (κ1) is 22.4. The number of hydrogen-bond acceptors (Lipinski definition) is 5. The Kier molecular flexibility index (Phi) is 6.02. The van der Waals surface area contributed by atoms with Gasteiger partial charge in [0.1, 0.15) is 5.76 Å². The second-order valence-corrected chi connectivity index (χ2v) is 7.79. The monoisotopic (exact) mass is 421 g/mol. The van der Waals surface area contributed by atoms with Crippen LogP contribution in [0.4, 0.5) is 8.78 Å². The lowest BCUT2D eigenvalue weighted by Gasteiger charge is -2.37. The number of aromatic nitrogens is 3. The van der Waals surface area contributed by atoms with E-state index in [0.29, 0.717) is 22.5 Å².